The van der Waals surface area contributed by atoms with Gasteiger partial charge in [0.1, 0.15) is 5.75 Å². The first kappa shape index (κ1) is 13.8. The Morgan fingerprint density at radius 1 is 1.41 bits per heavy atom. The largest absolute Gasteiger partial charge is 0.493 e. The van der Waals surface area contributed by atoms with Crippen LogP contribution in [0.15, 0.2) is 36.4 Å². The molecule has 94 valence electrons. The van der Waals surface area contributed by atoms with E-state index in [2.05, 4.69) is 37.9 Å². The van der Waals surface area contributed by atoms with Gasteiger partial charge >= 0.3 is 0 Å². The van der Waals surface area contributed by atoms with Gasteiger partial charge in [-0.15, -0.1) is 6.58 Å². The van der Waals surface area contributed by atoms with Crippen molar-refractivity contribution in [2.45, 2.75) is 33.2 Å². The van der Waals surface area contributed by atoms with Gasteiger partial charge in [0.05, 0.1) is 6.61 Å². The smallest absolute Gasteiger partial charge is 0.124 e. The molecule has 0 radical (unpaired) electrons. The second-order valence-corrected chi connectivity index (χ2v) is 4.37. The van der Waals surface area contributed by atoms with Gasteiger partial charge in [-0.05, 0) is 26.5 Å². The van der Waals surface area contributed by atoms with Crippen LogP contribution in [0.2, 0.25) is 0 Å². The molecule has 0 bridgehead atoms. The van der Waals surface area contributed by atoms with Crippen LogP contribution in [0.3, 0.4) is 0 Å². The zero-order chi connectivity index (χ0) is 12.7. The van der Waals surface area contributed by atoms with Crippen molar-refractivity contribution < 1.29 is 4.74 Å². The molecule has 0 saturated carbocycles. The monoisotopic (exact) mass is 233 g/mol. The maximum absolute atomic E-state index is 5.81. The molecule has 0 fully saturated rings. The highest BCUT2D eigenvalue weighted by Crippen LogP contribution is 2.24. The van der Waals surface area contributed by atoms with Crippen molar-refractivity contribution in [1.82, 2.24) is 5.32 Å². The average molecular weight is 233 g/mol. The SMILES string of the molecule is C=C(C)CCOc1ccccc1C(C)NCC. The van der Waals surface area contributed by atoms with E-state index >= 15 is 0 Å². The van der Waals surface area contributed by atoms with Crippen LogP contribution < -0.4 is 10.1 Å². The minimum Gasteiger partial charge on any atom is -0.493 e. The standard InChI is InChI=1S/C15H23NO/c1-5-16-13(4)14-8-6-7-9-15(14)17-11-10-12(2)3/h6-9,13,16H,2,5,10-11H2,1,3-4H3. The molecule has 1 aromatic rings. The van der Waals surface area contributed by atoms with Crippen LogP contribution >= 0.6 is 0 Å². The first-order chi connectivity index (χ1) is 8.15. The molecule has 2 nitrogen and oxygen atoms in total. The Morgan fingerprint density at radius 2 is 2.12 bits per heavy atom. The number of hydrogen-bond donors (Lipinski definition) is 1. The molecule has 1 rings (SSSR count). The van der Waals surface area contributed by atoms with Crippen molar-refractivity contribution in [2.75, 3.05) is 13.2 Å². The second kappa shape index (κ2) is 7.13. The minimum atomic E-state index is 0.320. The third-order valence-electron chi connectivity index (χ3n) is 2.68. The van der Waals surface area contributed by atoms with Crippen molar-refractivity contribution in [1.29, 1.82) is 0 Å². The third kappa shape index (κ3) is 4.61. The first-order valence-electron chi connectivity index (χ1n) is 6.24. The summed E-state index contributed by atoms with van der Waals surface area (Å²) < 4.78 is 5.81. The number of nitrogens with one attached hydrogen (secondary N) is 1. The van der Waals surface area contributed by atoms with Crippen LogP contribution in [0.25, 0.3) is 0 Å². The summed E-state index contributed by atoms with van der Waals surface area (Å²) in [6, 6.07) is 8.53. The Morgan fingerprint density at radius 3 is 2.76 bits per heavy atom. The maximum atomic E-state index is 5.81. The van der Waals surface area contributed by atoms with E-state index in [0.717, 1.165) is 24.3 Å². The van der Waals surface area contributed by atoms with Crippen molar-refractivity contribution in [3.05, 3.63) is 42.0 Å². The fourth-order valence-corrected chi connectivity index (χ4v) is 1.72. The van der Waals surface area contributed by atoms with E-state index in [0.29, 0.717) is 12.6 Å². The normalized spacial score (nSPS) is 12.2. The highest BCUT2D eigenvalue weighted by molar-refractivity contribution is 5.35. The summed E-state index contributed by atoms with van der Waals surface area (Å²) in [5, 5.41) is 3.40. The summed E-state index contributed by atoms with van der Waals surface area (Å²) in [5.74, 6) is 0.974. The summed E-state index contributed by atoms with van der Waals surface area (Å²) in [6.07, 6.45) is 0.907. The zero-order valence-electron chi connectivity index (χ0n) is 11.1. The lowest BCUT2D eigenvalue weighted by atomic mass is 10.1. The Balaban J connectivity index is 2.66. The number of hydrogen-bond acceptors (Lipinski definition) is 2. The van der Waals surface area contributed by atoms with Gasteiger partial charge in [-0.25, -0.2) is 0 Å². The Labute approximate surface area is 105 Å². The number of para-hydroxylation sites is 1. The van der Waals surface area contributed by atoms with Gasteiger partial charge in [-0.3, -0.25) is 0 Å². The maximum Gasteiger partial charge on any atom is 0.124 e. The fourth-order valence-electron chi connectivity index (χ4n) is 1.72. The van der Waals surface area contributed by atoms with Gasteiger partial charge in [-0.2, -0.15) is 0 Å². The molecule has 1 unspecified atom stereocenters. The third-order valence-corrected chi connectivity index (χ3v) is 2.68. The molecular formula is C15H23NO. The van der Waals surface area contributed by atoms with Crippen LogP contribution in [0.5, 0.6) is 5.75 Å². The van der Waals surface area contributed by atoms with Crippen molar-refractivity contribution >= 4 is 0 Å². The molecule has 2 heteroatoms. The summed E-state index contributed by atoms with van der Waals surface area (Å²) in [5.41, 5.74) is 2.37. The van der Waals surface area contributed by atoms with Gasteiger partial charge in [0.15, 0.2) is 0 Å². The predicted octanol–water partition coefficient (Wildman–Crippen LogP) is 3.70. The summed E-state index contributed by atoms with van der Waals surface area (Å²) in [4.78, 5) is 0. The lowest BCUT2D eigenvalue weighted by Crippen LogP contribution is -2.18. The van der Waals surface area contributed by atoms with Crippen molar-refractivity contribution in [3.63, 3.8) is 0 Å². The van der Waals surface area contributed by atoms with Crippen LogP contribution in [-0.4, -0.2) is 13.2 Å². The van der Waals surface area contributed by atoms with Crippen LogP contribution in [0.4, 0.5) is 0 Å². The van der Waals surface area contributed by atoms with Gasteiger partial charge in [0.2, 0.25) is 0 Å². The summed E-state index contributed by atoms with van der Waals surface area (Å²) >= 11 is 0. The van der Waals surface area contributed by atoms with E-state index in [9.17, 15) is 0 Å². The molecule has 0 aliphatic carbocycles. The fraction of sp³-hybridized carbons (Fsp3) is 0.467. The average Bonchev–Trinajstić information content (AvgIpc) is 2.29. The van der Waals surface area contributed by atoms with E-state index in [4.69, 9.17) is 4.74 Å². The second-order valence-electron chi connectivity index (χ2n) is 4.37. The minimum absolute atomic E-state index is 0.320. The number of rotatable bonds is 7. The first-order valence-corrected chi connectivity index (χ1v) is 6.24. The lowest BCUT2D eigenvalue weighted by Gasteiger charge is -2.17. The van der Waals surface area contributed by atoms with Crippen LogP contribution in [0, 0.1) is 0 Å². The highest BCUT2D eigenvalue weighted by Gasteiger charge is 2.09. The highest BCUT2D eigenvalue weighted by atomic mass is 16.5. The predicted molar refractivity (Wildman–Crippen MR) is 73.5 cm³/mol. The van der Waals surface area contributed by atoms with E-state index in [-0.39, 0.29) is 0 Å². The van der Waals surface area contributed by atoms with E-state index in [1.54, 1.807) is 0 Å². The molecule has 0 saturated heterocycles. The molecule has 0 aliphatic heterocycles. The number of ether oxygens (including phenoxy) is 1. The molecule has 0 aromatic heterocycles. The molecular weight excluding hydrogens is 210 g/mol. The topological polar surface area (TPSA) is 21.3 Å². The van der Waals surface area contributed by atoms with E-state index in [1.807, 2.05) is 19.1 Å². The lowest BCUT2D eigenvalue weighted by molar-refractivity contribution is 0.315. The van der Waals surface area contributed by atoms with Crippen molar-refractivity contribution in [2.24, 2.45) is 0 Å². The molecule has 1 N–H and O–H groups in total. The van der Waals surface area contributed by atoms with E-state index in [1.165, 1.54) is 5.56 Å². The quantitative estimate of drug-likeness (QED) is 0.725. The Bertz CT molecular complexity index is 360. The molecule has 0 aliphatic rings. The van der Waals surface area contributed by atoms with Crippen LogP contribution in [-0.2, 0) is 0 Å². The zero-order valence-corrected chi connectivity index (χ0v) is 11.1. The molecule has 0 amide bonds. The van der Waals surface area contributed by atoms with Crippen LogP contribution in [0.1, 0.15) is 38.8 Å². The van der Waals surface area contributed by atoms with Gasteiger partial charge < -0.3 is 10.1 Å². The van der Waals surface area contributed by atoms with E-state index < -0.39 is 0 Å². The Kier molecular flexibility index (Phi) is 5.78. The van der Waals surface area contributed by atoms with Crippen molar-refractivity contribution in [3.8, 4) is 5.75 Å². The molecule has 0 heterocycles. The van der Waals surface area contributed by atoms with Gasteiger partial charge in [0, 0.05) is 18.0 Å². The van der Waals surface area contributed by atoms with Gasteiger partial charge in [0.25, 0.3) is 0 Å². The van der Waals surface area contributed by atoms with Gasteiger partial charge in [-0.1, -0.05) is 30.7 Å². The summed E-state index contributed by atoms with van der Waals surface area (Å²) in [6.45, 7) is 11.8. The molecule has 1 aromatic carbocycles. The molecule has 0 spiro atoms. The summed E-state index contributed by atoms with van der Waals surface area (Å²) in [7, 11) is 0. The molecule has 17 heavy (non-hydrogen) atoms. The number of benzene rings is 1. The Hall–Kier alpha value is -1.28. The molecule has 1 atom stereocenters.